The van der Waals surface area contributed by atoms with E-state index in [9.17, 15) is 23.2 Å². The Bertz CT molecular complexity index is 1020. The van der Waals surface area contributed by atoms with Crippen molar-refractivity contribution in [1.29, 1.82) is 0 Å². The lowest BCUT2D eigenvalue weighted by Crippen LogP contribution is -2.42. The number of hydrogen-bond acceptors (Lipinski definition) is 4. The predicted octanol–water partition coefficient (Wildman–Crippen LogP) is 4.71. The average Bonchev–Trinajstić information content (AvgIpc) is 2.86. The molecule has 2 aromatic carbocycles. The summed E-state index contributed by atoms with van der Waals surface area (Å²) in [6, 6.07) is 9.71. The molecule has 1 aliphatic heterocycles. The number of hydrogen-bond donors (Lipinski definition) is 2. The third-order valence-electron chi connectivity index (χ3n) is 4.42. The molecule has 1 aliphatic rings. The fourth-order valence-electron chi connectivity index (χ4n) is 3.02. The van der Waals surface area contributed by atoms with Gasteiger partial charge in [-0.15, -0.1) is 0 Å². The van der Waals surface area contributed by atoms with Crippen molar-refractivity contribution in [3.63, 3.8) is 0 Å². The zero-order valence-electron chi connectivity index (χ0n) is 15.4. The number of nitrogens with zero attached hydrogens (tertiary/aromatic N) is 1. The summed E-state index contributed by atoms with van der Waals surface area (Å²) >= 11 is 12.3. The maximum atomic E-state index is 12.9. The Morgan fingerprint density at radius 3 is 2.60 bits per heavy atom. The van der Waals surface area contributed by atoms with Gasteiger partial charge in [0.25, 0.3) is 11.7 Å². The van der Waals surface area contributed by atoms with E-state index >= 15 is 0 Å². The number of benzene rings is 2. The van der Waals surface area contributed by atoms with Crippen LogP contribution in [-0.2, 0) is 15.1 Å². The molecule has 2 N–H and O–H groups in total. The quantitative estimate of drug-likeness (QED) is 0.470. The molecular weight excluding hydrogens is 459 g/mol. The maximum Gasteiger partial charge on any atom is 0.325 e. The highest BCUT2D eigenvalue weighted by Crippen LogP contribution is 2.35. The van der Waals surface area contributed by atoms with Gasteiger partial charge in [-0.05, 0) is 31.2 Å². The standard InChI is InChI=1S/C19H15Cl2F2N3O3S/c1-19(11-7-6-10(20)8-12(11)21)16(28)26(18(29)25-19)9-15(27)24-13-4-2-3-5-14(13)30-17(22)23/h2-8,17H,9H2,1H3,(H,24,27)(H,25,29). The van der Waals surface area contributed by atoms with E-state index in [0.29, 0.717) is 10.6 Å². The van der Waals surface area contributed by atoms with Gasteiger partial charge in [-0.3, -0.25) is 14.5 Å². The second-order valence-corrected chi connectivity index (χ2v) is 8.37. The Hall–Kier alpha value is -2.36. The Morgan fingerprint density at radius 2 is 1.93 bits per heavy atom. The monoisotopic (exact) mass is 473 g/mol. The number of anilines is 1. The fraction of sp³-hybridized carbons (Fsp3) is 0.211. The van der Waals surface area contributed by atoms with Crippen molar-refractivity contribution >= 4 is 58.5 Å². The van der Waals surface area contributed by atoms with Gasteiger partial charge in [0.15, 0.2) is 0 Å². The molecular formula is C19H15Cl2F2N3O3S. The number of carbonyl (C=O) groups excluding carboxylic acids is 3. The van der Waals surface area contributed by atoms with Crippen LogP contribution in [0.2, 0.25) is 10.0 Å². The van der Waals surface area contributed by atoms with Gasteiger partial charge in [-0.25, -0.2) is 4.79 Å². The summed E-state index contributed by atoms with van der Waals surface area (Å²) < 4.78 is 25.4. The molecule has 30 heavy (non-hydrogen) atoms. The topological polar surface area (TPSA) is 78.5 Å². The van der Waals surface area contributed by atoms with Gasteiger partial charge in [0.05, 0.1) is 5.69 Å². The number of para-hydroxylation sites is 1. The minimum atomic E-state index is -2.67. The van der Waals surface area contributed by atoms with E-state index < -0.39 is 35.7 Å². The highest BCUT2D eigenvalue weighted by Gasteiger charge is 2.50. The van der Waals surface area contributed by atoms with Crippen LogP contribution < -0.4 is 10.6 Å². The molecule has 1 saturated heterocycles. The van der Waals surface area contributed by atoms with Gasteiger partial charge in [0, 0.05) is 20.5 Å². The third kappa shape index (κ3) is 4.53. The van der Waals surface area contributed by atoms with Crippen LogP contribution in [0.5, 0.6) is 0 Å². The first-order chi connectivity index (χ1) is 14.1. The highest BCUT2D eigenvalue weighted by atomic mass is 35.5. The number of nitrogens with one attached hydrogen (secondary N) is 2. The summed E-state index contributed by atoms with van der Waals surface area (Å²) in [5.41, 5.74) is -1.00. The number of imide groups is 1. The van der Waals surface area contributed by atoms with Gasteiger partial charge in [-0.1, -0.05) is 53.2 Å². The van der Waals surface area contributed by atoms with Crippen molar-refractivity contribution in [3.05, 3.63) is 58.1 Å². The van der Waals surface area contributed by atoms with Gasteiger partial charge in [-0.2, -0.15) is 8.78 Å². The average molecular weight is 474 g/mol. The minimum absolute atomic E-state index is 0.156. The molecule has 6 nitrogen and oxygen atoms in total. The molecule has 0 aromatic heterocycles. The molecule has 1 heterocycles. The van der Waals surface area contributed by atoms with E-state index in [1.165, 1.54) is 37.3 Å². The lowest BCUT2D eigenvalue weighted by atomic mass is 9.92. The lowest BCUT2D eigenvalue weighted by molar-refractivity contribution is -0.133. The van der Waals surface area contributed by atoms with Crippen molar-refractivity contribution in [3.8, 4) is 0 Å². The molecule has 3 rings (SSSR count). The molecule has 0 bridgehead atoms. The number of halogens is 4. The molecule has 0 saturated carbocycles. The Labute approximate surface area is 184 Å². The Kier molecular flexibility index (Phi) is 6.54. The highest BCUT2D eigenvalue weighted by molar-refractivity contribution is 7.99. The molecule has 1 atom stereocenters. The smallest absolute Gasteiger partial charge is 0.324 e. The van der Waals surface area contributed by atoms with Crippen LogP contribution in [0.1, 0.15) is 12.5 Å². The molecule has 11 heteroatoms. The molecule has 0 radical (unpaired) electrons. The largest absolute Gasteiger partial charge is 0.325 e. The summed E-state index contributed by atoms with van der Waals surface area (Å²) in [7, 11) is 0. The number of thioether (sulfide) groups is 1. The van der Waals surface area contributed by atoms with Crippen LogP contribution in [-0.4, -0.2) is 35.0 Å². The van der Waals surface area contributed by atoms with Crippen molar-refractivity contribution < 1.29 is 23.2 Å². The van der Waals surface area contributed by atoms with Crippen molar-refractivity contribution in [2.45, 2.75) is 23.1 Å². The van der Waals surface area contributed by atoms with Crippen molar-refractivity contribution in [1.82, 2.24) is 10.2 Å². The summed E-state index contributed by atoms with van der Waals surface area (Å²) in [6.45, 7) is 0.869. The zero-order valence-corrected chi connectivity index (χ0v) is 17.7. The second kappa shape index (κ2) is 8.79. The second-order valence-electron chi connectivity index (χ2n) is 6.49. The van der Waals surface area contributed by atoms with Crippen LogP contribution in [0.3, 0.4) is 0 Å². The predicted molar refractivity (Wildman–Crippen MR) is 111 cm³/mol. The molecule has 1 fully saturated rings. The molecule has 0 aliphatic carbocycles. The van der Waals surface area contributed by atoms with Crippen molar-refractivity contribution in [2.75, 3.05) is 11.9 Å². The number of carbonyl (C=O) groups is 3. The van der Waals surface area contributed by atoms with E-state index in [0.717, 1.165) is 4.90 Å². The summed E-state index contributed by atoms with van der Waals surface area (Å²) in [5.74, 6) is -4.06. The van der Waals surface area contributed by atoms with Crippen LogP contribution in [0, 0.1) is 0 Å². The lowest BCUT2D eigenvalue weighted by Gasteiger charge is -2.23. The summed E-state index contributed by atoms with van der Waals surface area (Å²) in [5, 5.41) is 5.54. The Morgan fingerprint density at radius 1 is 1.23 bits per heavy atom. The molecule has 158 valence electrons. The van der Waals surface area contributed by atoms with Crippen molar-refractivity contribution in [2.24, 2.45) is 0 Å². The molecule has 1 unspecified atom stereocenters. The maximum absolute atomic E-state index is 12.9. The first kappa shape index (κ1) is 22.3. The normalized spacial score (nSPS) is 18.7. The number of rotatable bonds is 6. The summed E-state index contributed by atoms with van der Waals surface area (Å²) in [6.07, 6.45) is 0. The zero-order chi connectivity index (χ0) is 22.1. The van der Waals surface area contributed by atoms with Gasteiger partial charge >= 0.3 is 6.03 Å². The van der Waals surface area contributed by atoms with E-state index in [4.69, 9.17) is 23.2 Å². The molecule has 2 aromatic rings. The van der Waals surface area contributed by atoms with Gasteiger partial charge in [0.2, 0.25) is 5.91 Å². The van der Waals surface area contributed by atoms with Crippen LogP contribution in [0.25, 0.3) is 0 Å². The SMILES string of the molecule is CC1(c2ccc(Cl)cc2Cl)NC(=O)N(CC(=O)Nc2ccccc2SC(F)F)C1=O. The third-order valence-corrected chi connectivity index (χ3v) is 5.76. The first-order valence-corrected chi connectivity index (χ1v) is 10.2. The van der Waals surface area contributed by atoms with Gasteiger partial charge in [0.1, 0.15) is 12.1 Å². The van der Waals surface area contributed by atoms with E-state index in [-0.39, 0.29) is 27.4 Å². The van der Waals surface area contributed by atoms with Crippen LogP contribution in [0.15, 0.2) is 47.4 Å². The van der Waals surface area contributed by atoms with Gasteiger partial charge < -0.3 is 10.6 Å². The number of alkyl halides is 2. The van der Waals surface area contributed by atoms with E-state index in [1.54, 1.807) is 12.1 Å². The van der Waals surface area contributed by atoms with E-state index in [1.807, 2.05) is 0 Å². The Balaban J connectivity index is 1.77. The fourth-order valence-corrected chi connectivity index (χ4v) is 4.21. The minimum Gasteiger partial charge on any atom is -0.324 e. The van der Waals surface area contributed by atoms with E-state index in [2.05, 4.69) is 10.6 Å². The molecule has 4 amide bonds. The number of amides is 4. The van der Waals surface area contributed by atoms with Crippen LogP contribution in [0.4, 0.5) is 19.3 Å². The first-order valence-electron chi connectivity index (χ1n) is 8.55. The summed E-state index contributed by atoms with van der Waals surface area (Å²) in [4.78, 5) is 38.7. The molecule has 0 spiro atoms. The van der Waals surface area contributed by atoms with Crippen LogP contribution >= 0.6 is 35.0 Å². The number of urea groups is 1.